The Bertz CT molecular complexity index is 487. The van der Waals surface area contributed by atoms with E-state index in [0.717, 1.165) is 0 Å². The van der Waals surface area contributed by atoms with Gasteiger partial charge in [0, 0.05) is 0 Å². The summed E-state index contributed by atoms with van der Waals surface area (Å²) in [7, 11) is 0. The third-order valence-corrected chi connectivity index (χ3v) is 1.82. The molecule has 0 radical (unpaired) electrons. The molecule has 1 aliphatic rings. The zero-order chi connectivity index (χ0) is 9.26. The van der Waals surface area contributed by atoms with Crippen molar-refractivity contribution < 1.29 is 4.79 Å². The Labute approximate surface area is 74.4 Å². The molecule has 0 bridgehead atoms. The topological polar surface area (TPSA) is 72.5 Å². The fourth-order valence-corrected chi connectivity index (χ4v) is 1.25. The van der Waals surface area contributed by atoms with Gasteiger partial charge in [-0.1, -0.05) is 12.1 Å². The van der Waals surface area contributed by atoms with Crippen LogP contribution >= 0.6 is 0 Å². The Morgan fingerprint density at radius 1 is 1.38 bits per heavy atom. The summed E-state index contributed by atoms with van der Waals surface area (Å²) in [5, 5.41) is 8.67. The standard InChI is InChI=1S/C9H4N4/c10-5-8-9(13-11)6-3-1-2-4-7(6)12-8/h1-4H. The maximum atomic E-state index is 8.67. The van der Waals surface area contributed by atoms with Gasteiger partial charge in [-0.2, -0.15) is 10.1 Å². The molecule has 0 unspecified atom stereocenters. The summed E-state index contributed by atoms with van der Waals surface area (Å²) in [4.78, 5) is 7.03. The molecular weight excluding hydrogens is 164 g/mol. The van der Waals surface area contributed by atoms with Gasteiger partial charge in [0.25, 0.3) is 0 Å². The van der Waals surface area contributed by atoms with Crippen LogP contribution in [0.4, 0.5) is 5.69 Å². The highest BCUT2D eigenvalue weighted by molar-refractivity contribution is 6.54. The molecule has 4 nitrogen and oxygen atoms in total. The maximum Gasteiger partial charge on any atom is 0.360 e. The molecule has 4 heteroatoms. The van der Waals surface area contributed by atoms with E-state index in [4.69, 9.17) is 10.8 Å². The van der Waals surface area contributed by atoms with Crippen LogP contribution in [0.1, 0.15) is 5.56 Å². The lowest BCUT2D eigenvalue weighted by Crippen LogP contribution is -2.09. The van der Waals surface area contributed by atoms with Crippen LogP contribution in [0.5, 0.6) is 0 Å². The first-order chi connectivity index (χ1) is 6.36. The van der Waals surface area contributed by atoms with Crippen LogP contribution < -0.4 is 0 Å². The van der Waals surface area contributed by atoms with Crippen molar-refractivity contribution in [3.8, 4) is 6.07 Å². The molecule has 1 aliphatic heterocycles. The van der Waals surface area contributed by atoms with Crippen LogP contribution in [0.25, 0.3) is 5.53 Å². The van der Waals surface area contributed by atoms with Gasteiger partial charge in [0.1, 0.15) is 6.07 Å². The van der Waals surface area contributed by atoms with Gasteiger partial charge in [0.15, 0.2) is 0 Å². The lowest BCUT2D eigenvalue weighted by Gasteiger charge is -1.88. The predicted octanol–water partition coefficient (Wildman–Crippen LogP) is 1.32. The van der Waals surface area contributed by atoms with Crippen molar-refractivity contribution in [2.24, 2.45) is 4.99 Å². The third-order valence-electron chi connectivity index (χ3n) is 1.82. The lowest BCUT2D eigenvalue weighted by atomic mass is 10.1. The molecule has 2 rings (SSSR count). The molecule has 0 aliphatic carbocycles. The normalized spacial score (nSPS) is 12.8. The maximum absolute atomic E-state index is 8.67. The molecule has 0 atom stereocenters. The van der Waals surface area contributed by atoms with E-state index in [1.165, 1.54) is 0 Å². The van der Waals surface area contributed by atoms with Crippen molar-refractivity contribution in [2.45, 2.75) is 0 Å². The largest absolute Gasteiger partial charge is 0.361 e. The van der Waals surface area contributed by atoms with Crippen LogP contribution in [0.2, 0.25) is 0 Å². The molecule has 0 saturated carbocycles. The number of benzene rings is 1. The summed E-state index contributed by atoms with van der Waals surface area (Å²) >= 11 is 0. The minimum absolute atomic E-state index is 0.156. The van der Waals surface area contributed by atoms with Crippen LogP contribution in [0, 0.1) is 11.3 Å². The minimum Gasteiger partial charge on any atom is -0.361 e. The number of nitriles is 1. The highest BCUT2D eigenvalue weighted by atomic mass is 14.9. The van der Waals surface area contributed by atoms with Gasteiger partial charge in [0.2, 0.25) is 5.71 Å². The minimum atomic E-state index is 0.156. The molecule has 1 aromatic rings. The van der Waals surface area contributed by atoms with Crippen molar-refractivity contribution in [1.29, 1.82) is 5.26 Å². The summed E-state index contributed by atoms with van der Waals surface area (Å²) < 4.78 is 0. The second kappa shape index (κ2) is 2.67. The van der Waals surface area contributed by atoms with Gasteiger partial charge in [0.05, 0.1) is 11.3 Å². The van der Waals surface area contributed by atoms with Crippen molar-refractivity contribution >= 4 is 17.1 Å². The summed E-state index contributed by atoms with van der Waals surface area (Å²) in [5.74, 6) is 0. The van der Waals surface area contributed by atoms with Crippen LogP contribution in [-0.2, 0) is 0 Å². The molecule has 60 valence electrons. The molecule has 0 amide bonds. The smallest absolute Gasteiger partial charge is 0.360 e. The molecular formula is C9H4N4. The summed E-state index contributed by atoms with van der Waals surface area (Å²) in [6, 6.07) is 9.02. The molecule has 0 N–H and O–H groups in total. The van der Waals surface area contributed by atoms with E-state index in [0.29, 0.717) is 11.3 Å². The van der Waals surface area contributed by atoms with E-state index >= 15 is 0 Å². The van der Waals surface area contributed by atoms with E-state index in [1.807, 2.05) is 12.1 Å². The van der Waals surface area contributed by atoms with E-state index in [9.17, 15) is 0 Å². The predicted molar refractivity (Wildman–Crippen MR) is 46.9 cm³/mol. The van der Waals surface area contributed by atoms with Gasteiger partial charge in [-0.25, -0.2) is 4.99 Å². The first-order valence-electron chi connectivity index (χ1n) is 3.67. The van der Waals surface area contributed by atoms with E-state index in [-0.39, 0.29) is 11.4 Å². The average Bonchev–Trinajstić information content (AvgIpc) is 2.55. The Morgan fingerprint density at radius 2 is 2.15 bits per heavy atom. The van der Waals surface area contributed by atoms with Crippen LogP contribution in [0.15, 0.2) is 29.3 Å². The third kappa shape index (κ3) is 0.959. The number of nitrogens with zero attached hydrogens (tertiary/aromatic N) is 4. The molecule has 0 saturated heterocycles. The Balaban J connectivity index is 2.73. The molecule has 1 aromatic carbocycles. The van der Waals surface area contributed by atoms with E-state index in [1.54, 1.807) is 18.2 Å². The van der Waals surface area contributed by atoms with Crippen molar-refractivity contribution in [3.05, 3.63) is 35.4 Å². The lowest BCUT2D eigenvalue weighted by molar-refractivity contribution is -0.0000825. The van der Waals surface area contributed by atoms with Gasteiger partial charge in [-0.15, -0.1) is 0 Å². The molecule has 0 spiro atoms. The fraction of sp³-hybridized carbons (Fsp3) is 0. The van der Waals surface area contributed by atoms with Crippen molar-refractivity contribution in [1.82, 2.24) is 0 Å². The number of para-hydroxylation sites is 1. The zero-order valence-electron chi connectivity index (χ0n) is 6.60. The fourth-order valence-electron chi connectivity index (χ4n) is 1.25. The number of rotatable bonds is 0. The molecule has 0 fully saturated rings. The Hall–Kier alpha value is -2.24. The van der Waals surface area contributed by atoms with Gasteiger partial charge < -0.3 is 5.53 Å². The molecule has 0 aromatic heterocycles. The average molecular weight is 168 g/mol. The molecule has 13 heavy (non-hydrogen) atoms. The Morgan fingerprint density at radius 3 is 2.85 bits per heavy atom. The SMILES string of the molecule is N#CC1=Nc2ccccc2C1=[N+]=[N-]. The van der Waals surface area contributed by atoms with E-state index in [2.05, 4.69) is 9.78 Å². The highest BCUT2D eigenvalue weighted by Crippen LogP contribution is 2.25. The number of hydrogen-bond donors (Lipinski definition) is 0. The van der Waals surface area contributed by atoms with Crippen molar-refractivity contribution in [3.63, 3.8) is 0 Å². The summed E-state index contributed by atoms with van der Waals surface area (Å²) in [6.07, 6.45) is 0. The molecule has 1 heterocycles. The zero-order valence-corrected chi connectivity index (χ0v) is 6.60. The summed E-state index contributed by atoms with van der Waals surface area (Å²) in [6.45, 7) is 0. The van der Waals surface area contributed by atoms with Gasteiger partial charge >= 0.3 is 5.71 Å². The second-order valence-corrected chi connectivity index (χ2v) is 2.54. The number of fused-ring (bicyclic) bond motifs is 1. The monoisotopic (exact) mass is 168 g/mol. The van der Waals surface area contributed by atoms with E-state index < -0.39 is 0 Å². The van der Waals surface area contributed by atoms with Crippen LogP contribution in [-0.4, -0.2) is 16.2 Å². The first kappa shape index (κ1) is 7.41. The van der Waals surface area contributed by atoms with Crippen LogP contribution in [0.3, 0.4) is 0 Å². The summed E-state index contributed by atoms with van der Waals surface area (Å²) in [5.41, 5.74) is 10.4. The van der Waals surface area contributed by atoms with Crippen molar-refractivity contribution in [2.75, 3.05) is 0 Å². The second-order valence-electron chi connectivity index (χ2n) is 2.54. The van der Waals surface area contributed by atoms with Gasteiger partial charge in [-0.05, 0) is 12.1 Å². The number of aliphatic imine (C=N–C) groups is 1. The Kier molecular flexibility index (Phi) is 1.52. The highest BCUT2D eigenvalue weighted by Gasteiger charge is 2.29. The van der Waals surface area contributed by atoms with Gasteiger partial charge in [-0.3, -0.25) is 0 Å². The number of hydrogen-bond acceptors (Lipinski definition) is 2. The first-order valence-corrected chi connectivity index (χ1v) is 3.67. The quantitative estimate of drug-likeness (QED) is 0.425.